The highest BCUT2D eigenvalue weighted by Gasteiger charge is 2.31. The Kier molecular flexibility index (Phi) is 8.70. The normalized spacial score (nSPS) is 13.9. The zero-order chi connectivity index (χ0) is 29.9. The molecular weight excluding hydrogens is 594 g/mol. The Morgan fingerprint density at radius 1 is 0.881 bits per heavy atom. The van der Waals surface area contributed by atoms with Crippen LogP contribution >= 0.6 is 11.6 Å². The summed E-state index contributed by atoms with van der Waals surface area (Å²) in [5, 5.41) is 3.30. The molecule has 0 radical (unpaired) electrons. The van der Waals surface area contributed by atoms with Crippen molar-refractivity contribution < 1.29 is 21.6 Å². The van der Waals surface area contributed by atoms with Crippen molar-refractivity contribution in [1.29, 1.82) is 0 Å². The number of hydrogen-bond donors (Lipinski definition) is 2. The third-order valence-corrected chi connectivity index (χ3v) is 10.8. The van der Waals surface area contributed by atoms with Crippen LogP contribution in [0.5, 0.6) is 0 Å². The lowest BCUT2D eigenvalue weighted by Crippen LogP contribution is -2.29. The summed E-state index contributed by atoms with van der Waals surface area (Å²) in [4.78, 5) is 13.0. The molecule has 0 saturated heterocycles. The number of sulfonamides is 2. The standard InChI is InChI=1S/C31H30ClN3O5S2/c1-22(24-5-3-2-4-6-24)34-41(37,38)28-14-7-23(8-15-28)9-18-31(36)33-27-13-10-25-19-20-35(30(25)21-27)42(39,40)29-16-11-26(32)12-17-29/h2-8,10-17,21-22,34H,9,18-20H2,1H3,(H,33,36)/t22-/m1/s1. The summed E-state index contributed by atoms with van der Waals surface area (Å²) in [6.07, 6.45) is 1.14. The van der Waals surface area contributed by atoms with Gasteiger partial charge in [-0.3, -0.25) is 9.10 Å². The fourth-order valence-corrected chi connectivity index (χ4v) is 7.69. The number of nitrogens with one attached hydrogen (secondary N) is 2. The van der Waals surface area contributed by atoms with Crippen LogP contribution in [0.4, 0.5) is 11.4 Å². The maximum absolute atomic E-state index is 13.3. The lowest BCUT2D eigenvalue weighted by Gasteiger charge is -2.20. The summed E-state index contributed by atoms with van der Waals surface area (Å²) in [7, 11) is -7.50. The van der Waals surface area contributed by atoms with Crippen LogP contribution in [0, 0.1) is 0 Å². The second-order valence-electron chi connectivity index (χ2n) is 10.1. The van der Waals surface area contributed by atoms with Crippen molar-refractivity contribution in [3.63, 3.8) is 0 Å². The van der Waals surface area contributed by atoms with E-state index in [-0.39, 0.29) is 28.2 Å². The molecular formula is C31H30ClN3O5S2. The van der Waals surface area contributed by atoms with Gasteiger partial charge >= 0.3 is 0 Å². The highest BCUT2D eigenvalue weighted by molar-refractivity contribution is 7.92. The molecule has 0 unspecified atom stereocenters. The first kappa shape index (κ1) is 29.8. The third kappa shape index (κ3) is 6.68. The Hall–Kier alpha value is -3.70. The van der Waals surface area contributed by atoms with Gasteiger partial charge < -0.3 is 5.32 Å². The second-order valence-corrected chi connectivity index (χ2v) is 14.1. The molecule has 0 saturated carbocycles. The summed E-state index contributed by atoms with van der Waals surface area (Å²) in [6.45, 7) is 2.10. The zero-order valence-electron chi connectivity index (χ0n) is 22.8. The minimum atomic E-state index is -3.78. The molecule has 42 heavy (non-hydrogen) atoms. The van der Waals surface area contributed by atoms with Crippen molar-refractivity contribution >= 4 is 48.9 Å². The van der Waals surface area contributed by atoms with E-state index in [4.69, 9.17) is 11.6 Å². The lowest BCUT2D eigenvalue weighted by atomic mass is 10.1. The van der Waals surface area contributed by atoms with Crippen molar-refractivity contribution in [3.8, 4) is 0 Å². The summed E-state index contributed by atoms with van der Waals surface area (Å²) in [5.74, 6) is -0.241. The molecule has 1 amide bonds. The van der Waals surface area contributed by atoms with Gasteiger partial charge in [0.25, 0.3) is 10.0 Å². The van der Waals surface area contributed by atoms with Gasteiger partial charge in [0.05, 0.1) is 15.5 Å². The largest absolute Gasteiger partial charge is 0.326 e. The van der Waals surface area contributed by atoms with Gasteiger partial charge in [-0.25, -0.2) is 21.6 Å². The number of rotatable bonds is 10. The molecule has 0 aliphatic carbocycles. The maximum atomic E-state index is 13.3. The lowest BCUT2D eigenvalue weighted by molar-refractivity contribution is -0.116. The van der Waals surface area contributed by atoms with E-state index >= 15 is 0 Å². The van der Waals surface area contributed by atoms with Crippen LogP contribution in [-0.2, 0) is 37.7 Å². The van der Waals surface area contributed by atoms with Gasteiger partial charge in [0.15, 0.2) is 0 Å². The first-order chi connectivity index (χ1) is 20.0. The number of anilines is 2. The van der Waals surface area contributed by atoms with Crippen molar-refractivity contribution in [1.82, 2.24) is 4.72 Å². The first-order valence-electron chi connectivity index (χ1n) is 13.4. The van der Waals surface area contributed by atoms with E-state index < -0.39 is 20.0 Å². The number of aryl methyl sites for hydroxylation is 1. The number of hydrogen-bond acceptors (Lipinski definition) is 5. The van der Waals surface area contributed by atoms with Gasteiger partial charge in [0.1, 0.15) is 0 Å². The van der Waals surface area contributed by atoms with E-state index in [1.165, 1.54) is 40.7 Å². The molecule has 1 atom stereocenters. The summed E-state index contributed by atoms with van der Waals surface area (Å²) in [5.41, 5.74) is 3.59. The number of nitrogens with zero attached hydrogens (tertiary/aromatic N) is 1. The monoisotopic (exact) mass is 623 g/mol. The molecule has 4 aromatic carbocycles. The predicted octanol–water partition coefficient (Wildman–Crippen LogP) is 5.70. The average Bonchev–Trinajstić information content (AvgIpc) is 3.41. The fourth-order valence-electron chi connectivity index (χ4n) is 4.84. The molecule has 8 nitrogen and oxygen atoms in total. The summed E-state index contributed by atoms with van der Waals surface area (Å²) >= 11 is 5.92. The van der Waals surface area contributed by atoms with Crippen LogP contribution in [-0.4, -0.2) is 29.3 Å². The number of amides is 1. The number of halogens is 1. The smallest absolute Gasteiger partial charge is 0.264 e. The van der Waals surface area contributed by atoms with Crippen LogP contribution in [0.25, 0.3) is 0 Å². The molecule has 0 fully saturated rings. The van der Waals surface area contributed by atoms with Crippen molar-refractivity contribution in [3.05, 3.63) is 119 Å². The first-order valence-corrected chi connectivity index (χ1v) is 16.7. The fraction of sp³-hybridized carbons (Fsp3) is 0.194. The Bertz CT molecular complexity index is 1800. The molecule has 4 aromatic rings. The molecule has 1 aliphatic heterocycles. The van der Waals surface area contributed by atoms with Gasteiger partial charge in [-0.15, -0.1) is 0 Å². The molecule has 218 valence electrons. The molecule has 1 heterocycles. The molecule has 0 bridgehead atoms. The van der Waals surface area contributed by atoms with Crippen molar-refractivity contribution in [2.45, 2.75) is 42.0 Å². The van der Waals surface area contributed by atoms with Crippen LogP contribution in [0.2, 0.25) is 5.02 Å². The van der Waals surface area contributed by atoms with Gasteiger partial charge in [-0.1, -0.05) is 60.1 Å². The highest BCUT2D eigenvalue weighted by atomic mass is 35.5. The predicted molar refractivity (Wildman–Crippen MR) is 165 cm³/mol. The molecule has 0 spiro atoms. The number of benzene rings is 4. The Balaban J connectivity index is 1.19. The van der Waals surface area contributed by atoms with Gasteiger partial charge in [-0.05, 0) is 85.0 Å². The van der Waals surface area contributed by atoms with E-state index in [1.807, 2.05) is 36.4 Å². The van der Waals surface area contributed by atoms with E-state index in [0.717, 1.165) is 16.7 Å². The Morgan fingerprint density at radius 3 is 2.24 bits per heavy atom. The number of carbonyl (C=O) groups is 1. The number of fused-ring (bicyclic) bond motifs is 1. The van der Waals surface area contributed by atoms with Gasteiger partial charge in [-0.2, -0.15) is 0 Å². The minimum absolute atomic E-state index is 0.148. The maximum Gasteiger partial charge on any atom is 0.264 e. The second kappa shape index (κ2) is 12.3. The van der Waals surface area contributed by atoms with Crippen LogP contribution in [0.3, 0.4) is 0 Å². The van der Waals surface area contributed by atoms with Crippen molar-refractivity contribution in [2.24, 2.45) is 0 Å². The summed E-state index contributed by atoms with van der Waals surface area (Å²) < 4.78 is 56.2. The average molecular weight is 624 g/mol. The van der Waals surface area contributed by atoms with E-state index in [2.05, 4.69) is 10.0 Å². The van der Waals surface area contributed by atoms with Gasteiger partial charge in [0, 0.05) is 29.7 Å². The summed E-state index contributed by atoms with van der Waals surface area (Å²) in [6, 6.07) is 26.7. The van der Waals surface area contributed by atoms with Gasteiger partial charge in [0.2, 0.25) is 15.9 Å². The minimum Gasteiger partial charge on any atom is -0.326 e. The molecule has 0 aromatic heterocycles. The quantitative estimate of drug-likeness (QED) is 0.235. The number of carbonyl (C=O) groups excluding carboxylic acids is 1. The van der Waals surface area contributed by atoms with Crippen LogP contribution < -0.4 is 14.3 Å². The van der Waals surface area contributed by atoms with E-state index in [9.17, 15) is 21.6 Å². The van der Waals surface area contributed by atoms with Crippen molar-refractivity contribution in [2.75, 3.05) is 16.2 Å². The topological polar surface area (TPSA) is 113 Å². The third-order valence-electron chi connectivity index (χ3n) is 7.13. The van der Waals surface area contributed by atoms with Crippen LogP contribution in [0.1, 0.15) is 36.1 Å². The van der Waals surface area contributed by atoms with E-state index in [0.29, 0.717) is 35.8 Å². The highest BCUT2D eigenvalue weighted by Crippen LogP contribution is 2.35. The molecule has 2 N–H and O–H groups in total. The Morgan fingerprint density at radius 2 is 1.55 bits per heavy atom. The Labute approximate surface area is 251 Å². The van der Waals surface area contributed by atoms with Crippen LogP contribution in [0.15, 0.2) is 107 Å². The zero-order valence-corrected chi connectivity index (χ0v) is 25.2. The molecule has 11 heteroatoms. The molecule has 5 rings (SSSR count). The SMILES string of the molecule is C[C@@H](NS(=O)(=O)c1ccc(CCC(=O)Nc2ccc3c(c2)N(S(=O)(=O)c2ccc(Cl)cc2)CC3)cc1)c1ccccc1. The van der Waals surface area contributed by atoms with E-state index in [1.54, 1.807) is 31.2 Å². The molecule has 1 aliphatic rings.